The van der Waals surface area contributed by atoms with Gasteiger partial charge in [0.1, 0.15) is 6.61 Å². The molecule has 0 aromatic rings. The first kappa shape index (κ1) is 10.0. The number of aliphatic hydroxyl groups is 1. The zero-order chi connectivity index (χ0) is 4.99. The maximum absolute atomic E-state index is 9.46. The van der Waals surface area contributed by atoms with Crippen molar-refractivity contribution >= 4 is 23.3 Å². The van der Waals surface area contributed by atoms with Crippen molar-refractivity contribution in [3.63, 3.8) is 0 Å². The Morgan fingerprint density at radius 1 is 1.71 bits per heavy atom. The van der Waals surface area contributed by atoms with Gasteiger partial charge in [0.2, 0.25) is 0 Å². The normalized spacial score (nSPS) is 6.57. The van der Waals surface area contributed by atoms with Crippen molar-refractivity contribution in [2.45, 2.75) is 0 Å². The number of rotatable bonds is 1. The molecule has 42 valence electrons. The molecular weight excluding hydrogens is 115 g/mol. The number of aliphatic hydroxyl groups excluding tert-OH is 1. The number of hydrogen-bond acceptors (Lipinski definition) is 4. The Bertz CT molecular complexity index is 47.7. The summed E-state index contributed by atoms with van der Waals surface area (Å²) in [5.41, 5.74) is 0. The van der Waals surface area contributed by atoms with E-state index in [0.717, 1.165) is 0 Å². The van der Waals surface area contributed by atoms with Gasteiger partial charge in [-0.1, -0.05) is 0 Å². The molecule has 0 saturated carbocycles. The van der Waals surface area contributed by atoms with Gasteiger partial charge in [0, 0.05) is 0 Å². The van der Waals surface area contributed by atoms with Crippen molar-refractivity contribution < 1.29 is 20.0 Å². The molecule has 0 fully saturated rings. The van der Waals surface area contributed by atoms with Gasteiger partial charge in [0.15, 0.2) is 17.4 Å². The SMILES string of the molecule is O=C(CO)OO.[AlH3]. The summed E-state index contributed by atoms with van der Waals surface area (Å²) in [5.74, 6) is -1.05. The van der Waals surface area contributed by atoms with Gasteiger partial charge in [0.25, 0.3) is 0 Å². The molecule has 0 bridgehead atoms. The fourth-order valence-corrected chi connectivity index (χ4v) is 0.0289. The molecular formula is C2H7AlO4. The third kappa shape index (κ3) is 5.92. The highest BCUT2D eigenvalue weighted by Gasteiger charge is 1.92. The lowest BCUT2D eigenvalue weighted by atomic mass is 10.8. The lowest BCUT2D eigenvalue weighted by Gasteiger charge is -1.83. The Balaban J connectivity index is 0. The van der Waals surface area contributed by atoms with Crippen LogP contribution < -0.4 is 0 Å². The molecule has 0 rings (SSSR count). The smallest absolute Gasteiger partial charge is 0.367 e. The Kier molecular flexibility index (Phi) is 8.48. The van der Waals surface area contributed by atoms with Gasteiger partial charge in [-0.2, -0.15) is 5.26 Å². The molecule has 5 heteroatoms. The van der Waals surface area contributed by atoms with E-state index in [-0.39, 0.29) is 17.4 Å². The molecule has 0 unspecified atom stereocenters. The molecule has 0 aliphatic carbocycles. The Morgan fingerprint density at radius 3 is 2.14 bits per heavy atom. The van der Waals surface area contributed by atoms with Crippen LogP contribution in [0.3, 0.4) is 0 Å². The fourth-order valence-electron chi connectivity index (χ4n) is 0.0289. The van der Waals surface area contributed by atoms with Crippen LogP contribution in [0, 0.1) is 0 Å². The molecule has 0 heterocycles. The molecule has 0 spiro atoms. The standard InChI is InChI=1S/C2H4O4.Al.3H/c3-1-2(4)6-5;;;;/h3,5H,1H2;;;;. The van der Waals surface area contributed by atoms with Crippen molar-refractivity contribution in [3.05, 3.63) is 0 Å². The van der Waals surface area contributed by atoms with Crippen LogP contribution in [-0.4, -0.2) is 40.3 Å². The topological polar surface area (TPSA) is 66.8 Å². The van der Waals surface area contributed by atoms with Gasteiger partial charge in [-0.15, -0.1) is 0 Å². The summed E-state index contributed by atoms with van der Waals surface area (Å²) in [5, 5.41) is 15.0. The van der Waals surface area contributed by atoms with Gasteiger partial charge in [0.05, 0.1) is 0 Å². The zero-order valence-corrected chi connectivity index (χ0v) is 2.92. The van der Waals surface area contributed by atoms with Crippen LogP contribution in [0.5, 0.6) is 0 Å². The van der Waals surface area contributed by atoms with Crippen molar-refractivity contribution in [3.8, 4) is 0 Å². The van der Waals surface area contributed by atoms with Crippen LogP contribution in [0.1, 0.15) is 0 Å². The first-order valence-corrected chi connectivity index (χ1v) is 1.26. The second-order valence-electron chi connectivity index (χ2n) is 0.621. The number of hydrogen-bond donors (Lipinski definition) is 2. The molecule has 7 heavy (non-hydrogen) atoms. The zero-order valence-electron chi connectivity index (χ0n) is 2.92. The lowest BCUT2D eigenvalue weighted by molar-refractivity contribution is -0.236. The highest BCUT2D eigenvalue weighted by atomic mass is 27.0. The first-order valence-electron chi connectivity index (χ1n) is 1.26. The van der Waals surface area contributed by atoms with Crippen molar-refractivity contribution in [2.24, 2.45) is 0 Å². The van der Waals surface area contributed by atoms with Crippen LogP contribution in [0.4, 0.5) is 0 Å². The molecule has 0 aromatic carbocycles. The van der Waals surface area contributed by atoms with Crippen LogP contribution >= 0.6 is 0 Å². The van der Waals surface area contributed by atoms with Gasteiger partial charge in [-0.3, -0.25) is 4.89 Å². The summed E-state index contributed by atoms with van der Waals surface area (Å²) in [7, 11) is 0. The van der Waals surface area contributed by atoms with Crippen molar-refractivity contribution in [1.29, 1.82) is 0 Å². The van der Waals surface area contributed by atoms with E-state index < -0.39 is 12.6 Å². The highest BCUT2D eigenvalue weighted by Crippen LogP contribution is 1.63. The largest absolute Gasteiger partial charge is 0.385 e. The van der Waals surface area contributed by atoms with Crippen LogP contribution in [0.25, 0.3) is 0 Å². The summed E-state index contributed by atoms with van der Waals surface area (Å²) in [4.78, 5) is 12.5. The second kappa shape index (κ2) is 5.92. The molecule has 0 saturated heterocycles. The van der Waals surface area contributed by atoms with Gasteiger partial charge in [-0.05, 0) is 0 Å². The Hall–Kier alpha value is -0.0775. The van der Waals surface area contributed by atoms with Crippen LogP contribution in [0.15, 0.2) is 0 Å². The number of carbonyl (C=O) groups excluding carboxylic acids is 1. The predicted molar refractivity (Wildman–Crippen MR) is 25.7 cm³/mol. The highest BCUT2D eigenvalue weighted by molar-refractivity contribution is 5.75. The lowest BCUT2D eigenvalue weighted by Crippen LogP contribution is -2.04. The second-order valence-corrected chi connectivity index (χ2v) is 0.621. The van der Waals surface area contributed by atoms with Crippen LogP contribution in [0.2, 0.25) is 0 Å². The molecule has 0 aliphatic rings. The van der Waals surface area contributed by atoms with E-state index >= 15 is 0 Å². The molecule has 4 nitrogen and oxygen atoms in total. The Morgan fingerprint density at radius 2 is 2.14 bits per heavy atom. The Labute approximate surface area is 50.8 Å². The predicted octanol–water partition coefficient (Wildman–Crippen LogP) is -2.19. The number of carbonyl (C=O) groups is 1. The summed E-state index contributed by atoms with van der Waals surface area (Å²) in [6.07, 6.45) is 0. The van der Waals surface area contributed by atoms with E-state index in [1.807, 2.05) is 0 Å². The van der Waals surface area contributed by atoms with Gasteiger partial charge in [-0.25, -0.2) is 4.79 Å². The maximum Gasteiger partial charge on any atom is 0.367 e. The third-order valence-corrected chi connectivity index (χ3v) is 0.231. The molecule has 0 amide bonds. The third-order valence-electron chi connectivity index (χ3n) is 0.231. The monoisotopic (exact) mass is 122 g/mol. The van der Waals surface area contributed by atoms with E-state index in [0.29, 0.717) is 0 Å². The summed E-state index contributed by atoms with van der Waals surface area (Å²) in [6, 6.07) is 0. The quantitative estimate of drug-likeness (QED) is 0.235. The van der Waals surface area contributed by atoms with Gasteiger partial charge < -0.3 is 5.11 Å². The van der Waals surface area contributed by atoms with E-state index in [4.69, 9.17) is 10.4 Å². The minimum atomic E-state index is -1.05. The van der Waals surface area contributed by atoms with E-state index in [1.54, 1.807) is 0 Å². The van der Waals surface area contributed by atoms with Crippen molar-refractivity contribution in [1.82, 2.24) is 0 Å². The molecule has 0 aliphatic heterocycles. The fraction of sp³-hybridized carbons (Fsp3) is 0.500. The van der Waals surface area contributed by atoms with Crippen LogP contribution in [-0.2, 0) is 9.68 Å². The van der Waals surface area contributed by atoms with Crippen molar-refractivity contribution in [2.75, 3.05) is 6.61 Å². The molecule has 0 radical (unpaired) electrons. The molecule has 0 atom stereocenters. The molecule has 0 aromatic heterocycles. The van der Waals surface area contributed by atoms with E-state index in [9.17, 15) is 4.79 Å². The first-order chi connectivity index (χ1) is 2.81. The van der Waals surface area contributed by atoms with E-state index in [1.165, 1.54) is 0 Å². The van der Waals surface area contributed by atoms with Gasteiger partial charge >= 0.3 is 5.97 Å². The minimum Gasteiger partial charge on any atom is -0.385 e. The average molecular weight is 122 g/mol. The van der Waals surface area contributed by atoms with E-state index in [2.05, 4.69) is 4.89 Å². The minimum absolute atomic E-state index is 0. The molecule has 2 N–H and O–H groups in total. The maximum atomic E-state index is 9.46. The summed E-state index contributed by atoms with van der Waals surface area (Å²) in [6.45, 7) is -0.781. The summed E-state index contributed by atoms with van der Waals surface area (Å²) >= 11 is 0. The average Bonchev–Trinajstić information content (AvgIpc) is 1.65. The summed E-state index contributed by atoms with van der Waals surface area (Å²) < 4.78 is 0.